The van der Waals surface area contributed by atoms with Gasteiger partial charge in [0, 0.05) is 6.04 Å². The Morgan fingerprint density at radius 2 is 2.21 bits per heavy atom. The molecule has 0 aliphatic carbocycles. The van der Waals surface area contributed by atoms with Crippen molar-refractivity contribution in [2.45, 2.75) is 26.4 Å². The minimum absolute atomic E-state index is 0.137. The van der Waals surface area contributed by atoms with E-state index in [1.54, 1.807) is 0 Å². The van der Waals surface area contributed by atoms with Gasteiger partial charge < -0.3 is 14.8 Å². The van der Waals surface area contributed by atoms with Gasteiger partial charge in [0.05, 0.1) is 13.2 Å². The molecule has 4 heteroatoms. The third-order valence-corrected chi connectivity index (χ3v) is 2.75. The van der Waals surface area contributed by atoms with Gasteiger partial charge in [0.25, 0.3) is 0 Å². The second-order valence-corrected chi connectivity index (χ2v) is 4.68. The van der Waals surface area contributed by atoms with Gasteiger partial charge in [-0.25, -0.2) is 0 Å². The summed E-state index contributed by atoms with van der Waals surface area (Å²) >= 11 is 2.14. The summed E-state index contributed by atoms with van der Waals surface area (Å²) in [4.78, 5) is 0. The van der Waals surface area contributed by atoms with E-state index >= 15 is 0 Å². The summed E-state index contributed by atoms with van der Waals surface area (Å²) in [6, 6.07) is 4.02. The maximum atomic E-state index is 9.09. The zero-order chi connectivity index (χ0) is 10.6. The van der Waals surface area contributed by atoms with Gasteiger partial charge in [-0.2, -0.15) is 0 Å². The maximum absolute atomic E-state index is 9.09. The van der Waals surface area contributed by atoms with E-state index in [2.05, 4.69) is 41.8 Å². The van der Waals surface area contributed by atoms with Crippen molar-refractivity contribution in [3.8, 4) is 0 Å². The summed E-state index contributed by atoms with van der Waals surface area (Å²) in [6.45, 7) is 5.00. The number of rotatable bonds is 5. The molecule has 0 aromatic carbocycles. The van der Waals surface area contributed by atoms with E-state index in [0.29, 0.717) is 12.5 Å². The molecule has 1 aromatic heterocycles. The van der Waals surface area contributed by atoms with Crippen molar-refractivity contribution in [3.63, 3.8) is 0 Å². The highest BCUT2D eigenvalue weighted by Gasteiger charge is 2.11. The molecule has 0 saturated heterocycles. The molecule has 0 fully saturated rings. The second-order valence-electron chi connectivity index (χ2n) is 3.62. The SMILES string of the molecule is CC(C)[C@@H](CO)NCc1ccc(I)o1. The Kier molecular flexibility index (Phi) is 4.91. The van der Waals surface area contributed by atoms with Crippen LogP contribution in [-0.4, -0.2) is 17.8 Å². The van der Waals surface area contributed by atoms with E-state index < -0.39 is 0 Å². The molecule has 0 aliphatic rings. The Hall–Kier alpha value is -0.0700. The smallest absolute Gasteiger partial charge is 0.164 e. The van der Waals surface area contributed by atoms with E-state index in [-0.39, 0.29) is 12.6 Å². The van der Waals surface area contributed by atoms with Gasteiger partial charge in [0.2, 0.25) is 0 Å². The van der Waals surface area contributed by atoms with E-state index in [9.17, 15) is 0 Å². The van der Waals surface area contributed by atoms with Crippen molar-refractivity contribution >= 4 is 22.6 Å². The molecule has 0 aliphatic heterocycles. The minimum Gasteiger partial charge on any atom is -0.454 e. The maximum Gasteiger partial charge on any atom is 0.164 e. The molecule has 0 saturated carbocycles. The highest BCUT2D eigenvalue weighted by atomic mass is 127. The third kappa shape index (κ3) is 3.59. The Balaban J connectivity index is 2.39. The minimum atomic E-state index is 0.137. The average molecular weight is 309 g/mol. The summed E-state index contributed by atoms with van der Waals surface area (Å²) in [5, 5.41) is 12.3. The first-order valence-electron chi connectivity index (χ1n) is 4.72. The van der Waals surface area contributed by atoms with Gasteiger partial charge >= 0.3 is 0 Å². The summed E-state index contributed by atoms with van der Waals surface area (Å²) < 4.78 is 6.29. The Bertz CT molecular complexity index is 273. The Morgan fingerprint density at radius 3 is 2.64 bits per heavy atom. The molecular formula is C10H16INO2. The highest BCUT2D eigenvalue weighted by Crippen LogP contribution is 2.10. The van der Waals surface area contributed by atoms with Gasteiger partial charge in [-0.05, 0) is 40.6 Å². The first-order chi connectivity index (χ1) is 6.63. The number of nitrogens with one attached hydrogen (secondary N) is 1. The van der Waals surface area contributed by atoms with Crippen molar-refractivity contribution < 1.29 is 9.52 Å². The Morgan fingerprint density at radius 1 is 1.50 bits per heavy atom. The predicted octanol–water partition coefficient (Wildman–Crippen LogP) is 1.99. The molecule has 3 nitrogen and oxygen atoms in total. The molecule has 0 bridgehead atoms. The molecule has 1 rings (SSSR count). The van der Waals surface area contributed by atoms with Crippen LogP contribution in [-0.2, 0) is 6.54 Å². The molecule has 0 spiro atoms. The zero-order valence-corrected chi connectivity index (χ0v) is 10.6. The third-order valence-electron chi connectivity index (χ3n) is 2.17. The molecule has 1 heterocycles. The normalized spacial score (nSPS) is 13.5. The van der Waals surface area contributed by atoms with Crippen molar-refractivity contribution in [3.05, 3.63) is 21.7 Å². The molecule has 80 valence electrons. The van der Waals surface area contributed by atoms with Crippen LogP contribution < -0.4 is 5.32 Å². The van der Waals surface area contributed by atoms with Crippen molar-refractivity contribution in [2.24, 2.45) is 5.92 Å². The van der Waals surface area contributed by atoms with Crippen LogP contribution in [0.3, 0.4) is 0 Å². The molecule has 14 heavy (non-hydrogen) atoms. The fourth-order valence-electron chi connectivity index (χ4n) is 1.19. The standard InChI is InChI=1S/C10H16INO2/c1-7(2)9(6-13)12-5-8-3-4-10(11)14-8/h3-4,7,9,12-13H,5-6H2,1-2H3/t9-/m1/s1. The van der Waals surface area contributed by atoms with Gasteiger partial charge in [-0.1, -0.05) is 13.8 Å². The molecule has 0 amide bonds. The van der Waals surface area contributed by atoms with Crippen molar-refractivity contribution in [2.75, 3.05) is 6.61 Å². The number of hydrogen-bond donors (Lipinski definition) is 2. The Labute approximate surface area is 98.0 Å². The van der Waals surface area contributed by atoms with Crippen LogP contribution >= 0.6 is 22.6 Å². The molecule has 0 radical (unpaired) electrons. The summed E-state index contributed by atoms with van der Waals surface area (Å²) in [6.07, 6.45) is 0. The van der Waals surface area contributed by atoms with Crippen molar-refractivity contribution in [1.82, 2.24) is 5.32 Å². The lowest BCUT2D eigenvalue weighted by Crippen LogP contribution is -2.36. The van der Waals surface area contributed by atoms with Crippen LogP contribution in [0.5, 0.6) is 0 Å². The van der Waals surface area contributed by atoms with Crippen LogP contribution in [0, 0.1) is 9.68 Å². The molecule has 1 atom stereocenters. The second kappa shape index (κ2) is 5.72. The lowest BCUT2D eigenvalue weighted by atomic mass is 10.1. The van der Waals surface area contributed by atoms with Crippen molar-refractivity contribution in [1.29, 1.82) is 0 Å². The number of aliphatic hydroxyl groups is 1. The fourth-order valence-corrected chi connectivity index (χ4v) is 1.65. The summed E-state index contributed by atoms with van der Waals surface area (Å²) in [7, 11) is 0. The van der Waals surface area contributed by atoms with Crippen LogP contribution in [0.25, 0.3) is 0 Å². The lowest BCUT2D eigenvalue weighted by molar-refractivity contribution is 0.207. The zero-order valence-electron chi connectivity index (χ0n) is 8.46. The first-order valence-corrected chi connectivity index (χ1v) is 5.79. The van der Waals surface area contributed by atoms with Crippen LogP contribution in [0.1, 0.15) is 19.6 Å². The lowest BCUT2D eigenvalue weighted by Gasteiger charge is -2.18. The molecule has 1 aromatic rings. The summed E-state index contributed by atoms with van der Waals surface area (Å²) in [5.41, 5.74) is 0. The number of aliphatic hydroxyl groups excluding tert-OH is 1. The number of hydrogen-bond acceptors (Lipinski definition) is 3. The van der Waals surface area contributed by atoms with E-state index in [1.165, 1.54) is 0 Å². The largest absolute Gasteiger partial charge is 0.454 e. The predicted molar refractivity (Wildman–Crippen MR) is 64.0 cm³/mol. The van der Waals surface area contributed by atoms with Gasteiger partial charge in [0.15, 0.2) is 3.77 Å². The average Bonchev–Trinajstić information content (AvgIpc) is 2.52. The quantitative estimate of drug-likeness (QED) is 0.818. The van der Waals surface area contributed by atoms with E-state index in [4.69, 9.17) is 9.52 Å². The number of furan rings is 1. The monoisotopic (exact) mass is 309 g/mol. The molecular weight excluding hydrogens is 293 g/mol. The topological polar surface area (TPSA) is 45.4 Å². The van der Waals surface area contributed by atoms with Gasteiger partial charge in [-0.3, -0.25) is 0 Å². The fraction of sp³-hybridized carbons (Fsp3) is 0.600. The van der Waals surface area contributed by atoms with Crippen LogP contribution in [0.15, 0.2) is 16.5 Å². The van der Waals surface area contributed by atoms with E-state index in [1.807, 2.05) is 12.1 Å². The van der Waals surface area contributed by atoms with E-state index in [0.717, 1.165) is 9.53 Å². The van der Waals surface area contributed by atoms with Gasteiger partial charge in [0.1, 0.15) is 5.76 Å². The first kappa shape index (κ1) is 12.0. The highest BCUT2D eigenvalue weighted by molar-refractivity contribution is 14.1. The molecule has 2 N–H and O–H groups in total. The summed E-state index contributed by atoms with van der Waals surface area (Å²) in [5.74, 6) is 1.34. The molecule has 0 unspecified atom stereocenters. The van der Waals surface area contributed by atoms with Gasteiger partial charge in [-0.15, -0.1) is 0 Å². The number of halogens is 1. The van der Waals surface area contributed by atoms with Crippen LogP contribution in [0.2, 0.25) is 0 Å². The van der Waals surface area contributed by atoms with Crippen LogP contribution in [0.4, 0.5) is 0 Å².